The number of carbonyl (C=O) groups excluding carboxylic acids is 1. The van der Waals surface area contributed by atoms with Crippen LogP contribution >= 0.6 is 0 Å². The summed E-state index contributed by atoms with van der Waals surface area (Å²) in [6.07, 6.45) is -1.52. The number of likely N-dealkylation sites (tertiary alicyclic amines) is 1. The first-order chi connectivity index (χ1) is 14.2. The van der Waals surface area contributed by atoms with Gasteiger partial charge in [-0.15, -0.1) is 4.72 Å². The van der Waals surface area contributed by atoms with Gasteiger partial charge < -0.3 is 15.2 Å². The fourth-order valence-electron chi connectivity index (χ4n) is 3.83. The maximum absolute atomic E-state index is 15.3. The fourth-order valence-corrected chi connectivity index (χ4v) is 4.60. The van der Waals surface area contributed by atoms with Crippen LogP contribution in [-0.2, 0) is 17.8 Å². The van der Waals surface area contributed by atoms with Gasteiger partial charge in [-0.25, -0.2) is 18.0 Å². The van der Waals surface area contributed by atoms with Crippen molar-refractivity contribution in [1.29, 1.82) is 0 Å². The summed E-state index contributed by atoms with van der Waals surface area (Å²) in [6, 6.07) is 6.36. The Morgan fingerprint density at radius 2 is 2.07 bits per heavy atom. The van der Waals surface area contributed by atoms with Crippen LogP contribution in [-0.4, -0.2) is 46.0 Å². The second-order valence-electron chi connectivity index (χ2n) is 7.35. The maximum atomic E-state index is 15.3. The Kier molecular flexibility index (Phi) is 6.95. The number of aryl methyl sites for hydroxylation is 1. The Morgan fingerprint density at radius 1 is 1.33 bits per heavy atom. The number of alkyl halides is 1. The van der Waals surface area contributed by atoms with E-state index in [1.807, 2.05) is 0 Å². The summed E-state index contributed by atoms with van der Waals surface area (Å²) < 4.78 is 58.4. The molecule has 0 saturated carbocycles. The van der Waals surface area contributed by atoms with Crippen LogP contribution in [0.5, 0.6) is 0 Å². The van der Waals surface area contributed by atoms with E-state index in [0.717, 1.165) is 4.90 Å². The first-order valence-corrected chi connectivity index (χ1v) is 10.9. The van der Waals surface area contributed by atoms with Crippen molar-refractivity contribution >= 4 is 17.4 Å². The van der Waals surface area contributed by atoms with Crippen LogP contribution in [0.4, 0.5) is 18.0 Å². The molecule has 0 aliphatic carbocycles. The van der Waals surface area contributed by atoms with Crippen LogP contribution in [0.3, 0.4) is 0 Å². The molecule has 0 spiro atoms. The van der Waals surface area contributed by atoms with Crippen LogP contribution in [0.2, 0.25) is 0 Å². The number of amides is 2. The Labute approximate surface area is 176 Å². The first-order valence-electron chi connectivity index (χ1n) is 9.61. The van der Waals surface area contributed by atoms with Crippen LogP contribution in [0.1, 0.15) is 18.1 Å². The zero-order valence-electron chi connectivity index (χ0n) is 16.7. The monoisotopic (exact) mass is 439 g/mol. The van der Waals surface area contributed by atoms with Gasteiger partial charge in [0.15, 0.2) is 0 Å². The molecular formula is C21H24F3N3O2S. The Bertz CT molecular complexity index is 910. The van der Waals surface area contributed by atoms with Crippen molar-refractivity contribution in [3.63, 3.8) is 0 Å². The number of hydrogen-bond donors (Lipinski definition) is 2. The molecule has 3 N–H and O–H groups in total. The van der Waals surface area contributed by atoms with E-state index in [2.05, 4.69) is 4.72 Å². The van der Waals surface area contributed by atoms with Crippen LogP contribution < -0.4 is 10.5 Å². The average Bonchev–Trinajstić information content (AvgIpc) is 2.98. The molecular weight excluding hydrogens is 415 g/mol. The molecule has 30 heavy (non-hydrogen) atoms. The number of rotatable bonds is 6. The van der Waals surface area contributed by atoms with Gasteiger partial charge in [0, 0.05) is 16.9 Å². The molecule has 1 saturated heterocycles. The van der Waals surface area contributed by atoms with Gasteiger partial charge in [-0.2, -0.15) is 0 Å². The van der Waals surface area contributed by atoms with Crippen LogP contribution in [0.15, 0.2) is 36.4 Å². The number of nitrogens with one attached hydrogen (secondary N) is 1. The van der Waals surface area contributed by atoms with Gasteiger partial charge in [0.2, 0.25) is 0 Å². The second kappa shape index (κ2) is 9.28. The highest BCUT2D eigenvalue weighted by molar-refractivity contribution is 7.89. The smallest absolute Gasteiger partial charge is 0.315 e. The molecule has 1 aliphatic rings. The lowest BCUT2D eigenvalue weighted by molar-refractivity contribution is 0.197. The number of primary amides is 1. The van der Waals surface area contributed by atoms with Crippen molar-refractivity contribution < 1.29 is 22.5 Å². The van der Waals surface area contributed by atoms with E-state index in [4.69, 9.17) is 5.73 Å². The molecule has 2 amide bonds. The van der Waals surface area contributed by atoms with E-state index in [1.54, 1.807) is 26.0 Å². The lowest BCUT2D eigenvalue weighted by Gasteiger charge is -2.27. The normalized spacial score (nSPS) is 22.3. The topological polar surface area (TPSA) is 81.4 Å². The molecule has 2 aromatic rings. The summed E-state index contributed by atoms with van der Waals surface area (Å²) in [5.41, 5.74) is 6.87. The number of halogens is 3. The van der Waals surface area contributed by atoms with Gasteiger partial charge in [-0.3, -0.25) is 0 Å². The van der Waals surface area contributed by atoms with Gasteiger partial charge in [-0.05, 0) is 49.1 Å². The molecule has 1 aliphatic heterocycles. The molecule has 3 rings (SSSR count). The third-order valence-corrected chi connectivity index (χ3v) is 6.31. The number of hydrogen-bond acceptors (Lipinski definition) is 3. The van der Waals surface area contributed by atoms with E-state index in [9.17, 15) is 18.1 Å². The Balaban J connectivity index is 1.95. The largest absolute Gasteiger partial charge is 0.598 e. The van der Waals surface area contributed by atoms with E-state index in [-0.39, 0.29) is 29.8 Å². The second-order valence-corrected chi connectivity index (χ2v) is 8.86. The maximum Gasteiger partial charge on any atom is 0.315 e. The average molecular weight is 440 g/mol. The predicted molar refractivity (Wildman–Crippen MR) is 111 cm³/mol. The predicted octanol–water partition coefficient (Wildman–Crippen LogP) is 3.23. The summed E-state index contributed by atoms with van der Waals surface area (Å²) in [5.74, 6) is -0.795. The summed E-state index contributed by atoms with van der Waals surface area (Å²) in [7, 11) is 0. The highest BCUT2D eigenvalue weighted by atomic mass is 32.2. The summed E-state index contributed by atoms with van der Waals surface area (Å²) in [5, 5.41) is 0. The minimum absolute atomic E-state index is 0.0318. The van der Waals surface area contributed by atoms with Gasteiger partial charge >= 0.3 is 6.03 Å². The SMILES string of the molecule is CC[S+]([O-])N[C@H]1[C@@H](F)CN(C(N)=O)[C@H]1Cc1cccc(-c2cc(C)cc(F)c2)c1F. The number of urea groups is 1. The molecule has 1 heterocycles. The molecule has 2 aromatic carbocycles. The molecule has 9 heteroatoms. The quantitative estimate of drug-likeness (QED) is 0.678. The summed E-state index contributed by atoms with van der Waals surface area (Å²) in [4.78, 5) is 13.0. The molecule has 5 nitrogen and oxygen atoms in total. The van der Waals surface area contributed by atoms with Crippen molar-refractivity contribution in [3.8, 4) is 11.1 Å². The molecule has 0 radical (unpaired) electrons. The van der Waals surface area contributed by atoms with Gasteiger partial charge in [0.05, 0.1) is 12.6 Å². The highest BCUT2D eigenvalue weighted by Gasteiger charge is 2.46. The summed E-state index contributed by atoms with van der Waals surface area (Å²) in [6.45, 7) is 3.13. The summed E-state index contributed by atoms with van der Waals surface area (Å²) >= 11 is -1.49. The van der Waals surface area contributed by atoms with Crippen molar-refractivity contribution in [2.45, 2.75) is 38.5 Å². The zero-order valence-corrected chi connectivity index (χ0v) is 17.5. The van der Waals surface area contributed by atoms with E-state index >= 15 is 4.39 Å². The van der Waals surface area contributed by atoms with E-state index in [1.165, 1.54) is 24.3 Å². The minimum Gasteiger partial charge on any atom is -0.598 e. The first kappa shape index (κ1) is 22.5. The molecule has 4 atom stereocenters. The molecule has 0 aromatic heterocycles. The lowest BCUT2D eigenvalue weighted by Crippen LogP contribution is -2.51. The third kappa shape index (κ3) is 4.74. The molecule has 0 bridgehead atoms. The number of nitrogens with two attached hydrogens (primary N) is 1. The molecule has 1 unspecified atom stereocenters. The number of benzene rings is 2. The van der Waals surface area contributed by atoms with Crippen LogP contribution in [0, 0.1) is 18.6 Å². The van der Waals surface area contributed by atoms with E-state index in [0.29, 0.717) is 11.1 Å². The Morgan fingerprint density at radius 3 is 2.70 bits per heavy atom. The lowest BCUT2D eigenvalue weighted by atomic mass is 9.95. The standard InChI is InChI=1S/C21H24F3N3O2S/c1-3-30(29)26-20-17(23)11-27(21(25)28)18(20)10-13-5-4-6-16(19(13)24)14-7-12(2)8-15(22)9-14/h4-9,17-18,20,26H,3,10-11H2,1-2H3,(H2,25,28)/t17-,18-,20-,30?/m0/s1. The molecule has 1 fully saturated rings. The van der Waals surface area contributed by atoms with E-state index < -0.39 is 47.3 Å². The van der Waals surface area contributed by atoms with Crippen molar-refractivity contribution in [2.24, 2.45) is 5.73 Å². The third-order valence-electron chi connectivity index (χ3n) is 5.25. The number of carbonyl (C=O) groups is 1. The van der Waals surface area contributed by atoms with Crippen molar-refractivity contribution in [3.05, 3.63) is 59.2 Å². The Hall–Kier alpha value is -2.23. The number of nitrogens with zero attached hydrogens (tertiary/aromatic N) is 1. The highest BCUT2D eigenvalue weighted by Crippen LogP contribution is 2.30. The van der Waals surface area contributed by atoms with Gasteiger partial charge in [0.25, 0.3) is 0 Å². The minimum atomic E-state index is -1.49. The molecule has 162 valence electrons. The van der Waals surface area contributed by atoms with Crippen molar-refractivity contribution in [2.75, 3.05) is 12.3 Å². The zero-order chi connectivity index (χ0) is 22.0. The van der Waals surface area contributed by atoms with Crippen molar-refractivity contribution in [1.82, 2.24) is 9.62 Å². The van der Waals surface area contributed by atoms with Gasteiger partial charge in [-0.1, -0.05) is 24.3 Å². The fraction of sp³-hybridized carbons (Fsp3) is 0.381. The van der Waals surface area contributed by atoms with Gasteiger partial charge in [0.1, 0.15) is 29.6 Å². The van der Waals surface area contributed by atoms with Crippen LogP contribution in [0.25, 0.3) is 11.1 Å².